The first-order valence-corrected chi connectivity index (χ1v) is 8.20. The summed E-state index contributed by atoms with van der Waals surface area (Å²) in [6, 6.07) is 15.7. The Morgan fingerprint density at radius 2 is 1.76 bits per heavy atom. The Hall–Kier alpha value is -2.92. The molecule has 0 bridgehead atoms. The summed E-state index contributed by atoms with van der Waals surface area (Å²) in [6.45, 7) is 1.80. The molecule has 0 aliphatic rings. The Kier molecular flexibility index (Phi) is 4.95. The maximum absolute atomic E-state index is 12.4. The van der Waals surface area contributed by atoms with Crippen LogP contribution in [0.4, 0.5) is 5.69 Å². The largest absolute Gasteiger partial charge is 0.326 e. The third-order valence-corrected chi connectivity index (χ3v) is 3.95. The predicted octanol–water partition coefficient (Wildman–Crippen LogP) is 3.90. The number of halogens is 1. The van der Waals surface area contributed by atoms with E-state index in [1.165, 1.54) is 10.7 Å². The van der Waals surface area contributed by atoms with E-state index in [9.17, 15) is 9.59 Å². The lowest BCUT2D eigenvalue weighted by molar-refractivity contribution is -0.115. The lowest BCUT2D eigenvalue weighted by atomic mass is 10.1. The van der Waals surface area contributed by atoms with Gasteiger partial charge in [-0.25, -0.2) is 0 Å². The van der Waals surface area contributed by atoms with E-state index in [4.69, 9.17) is 11.6 Å². The van der Waals surface area contributed by atoms with Crippen LogP contribution in [0.15, 0.2) is 65.6 Å². The van der Waals surface area contributed by atoms with Gasteiger partial charge in [-0.05, 0) is 42.0 Å². The average molecular weight is 354 g/mol. The lowest BCUT2D eigenvalue weighted by Crippen LogP contribution is -2.19. The summed E-state index contributed by atoms with van der Waals surface area (Å²) in [5.74, 6) is -0.0417. The zero-order chi connectivity index (χ0) is 17.8. The number of amides is 1. The van der Waals surface area contributed by atoms with Crippen molar-refractivity contribution in [1.82, 2.24) is 9.78 Å². The molecule has 0 aliphatic carbocycles. The molecule has 3 aromatic rings. The maximum Gasteiger partial charge on any atom is 0.272 e. The second-order valence-corrected chi connectivity index (χ2v) is 5.89. The zero-order valence-corrected chi connectivity index (χ0v) is 14.3. The van der Waals surface area contributed by atoms with Crippen LogP contribution in [-0.4, -0.2) is 15.7 Å². The van der Waals surface area contributed by atoms with Crippen LogP contribution in [0.3, 0.4) is 0 Å². The van der Waals surface area contributed by atoms with Crippen molar-refractivity contribution in [2.75, 3.05) is 5.32 Å². The number of carbonyl (C=O) groups is 1. The lowest BCUT2D eigenvalue weighted by Gasteiger charge is -2.08. The van der Waals surface area contributed by atoms with Crippen LogP contribution >= 0.6 is 11.6 Å². The molecule has 5 nitrogen and oxygen atoms in total. The van der Waals surface area contributed by atoms with Gasteiger partial charge in [0.15, 0.2) is 0 Å². The molecule has 2 aromatic carbocycles. The minimum Gasteiger partial charge on any atom is -0.326 e. The molecule has 126 valence electrons. The van der Waals surface area contributed by atoms with Crippen LogP contribution in [0.25, 0.3) is 16.8 Å². The van der Waals surface area contributed by atoms with Crippen LogP contribution < -0.4 is 10.9 Å². The Bertz CT molecular complexity index is 948. The van der Waals surface area contributed by atoms with Gasteiger partial charge in [-0.2, -0.15) is 9.78 Å². The fourth-order valence-corrected chi connectivity index (χ4v) is 2.46. The molecule has 1 heterocycles. The molecular weight excluding hydrogens is 338 g/mol. The van der Waals surface area contributed by atoms with Gasteiger partial charge in [-0.3, -0.25) is 9.59 Å². The van der Waals surface area contributed by atoms with Gasteiger partial charge in [0.2, 0.25) is 5.91 Å². The number of hydrogen-bond acceptors (Lipinski definition) is 3. The van der Waals surface area contributed by atoms with E-state index in [-0.39, 0.29) is 11.5 Å². The number of carbonyl (C=O) groups excluding carboxylic acids is 1. The van der Waals surface area contributed by atoms with E-state index >= 15 is 0 Å². The molecule has 0 fully saturated rings. The molecule has 6 heteroatoms. The quantitative estimate of drug-likeness (QED) is 0.773. The molecule has 0 atom stereocenters. The minimum absolute atomic E-state index is 0.0417. The summed E-state index contributed by atoms with van der Waals surface area (Å²) in [5.41, 5.74) is 2.70. The summed E-state index contributed by atoms with van der Waals surface area (Å²) in [7, 11) is 0. The van der Waals surface area contributed by atoms with Crippen LogP contribution in [-0.2, 0) is 4.79 Å². The van der Waals surface area contributed by atoms with Crippen molar-refractivity contribution in [3.63, 3.8) is 0 Å². The van der Waals surface area contributed by atoms with Gasteiger partial charge in [0.1, 0.15) is 0 Å². The van der Waals surface area contributed by atoms with E-state index < -0.39 is 0 Å². The minimum atomic E-state index is -0.233. The summed E-state index contributed by atoms with van der Waals surface area (Å²) in [5, 5.41) is 7.62. The number of hydrogen-bond donors (Lipinski definition) is 1. The van der Waals surface area contributed by atoms with Crippen molar-refractivity contribution < 1.29 is 4.79 Å². The van der Waals surface area contributed by atoms with Crippen molar-refractivity contribution in [1.29, 1.82) is 0 Å². The fourth-order valence-electron chi connectivity index (χ4n) is 2.34. The maximum atomic E-state index is 12.4. The molecule has 0 radical (unpaired) electrons. The van der Waals surface area contributed by atoms with Crippen LogP contribution in [0.2, 0.25) is 5.02 Å². The topological polar surface area (TPSA) is 64.0 Å². The molecule has 25 heavy (non-hydrogen) atoms. The summed E-state index contributed by atoms with van der Waals surface area (Å²) >= 11 is 5.86. The smallest absolute Gasteiger partial charge is 0.272 e. The highest BCUT2D eigenvalue weighted by molar-refractivity contribution is 6.30. The molecule has 1 N–H and O–H groups in total. The number of anilines is 1. The van der Waals surface area contributed by atoms with Gasteiger partial charge in [0.25, 0.3) is 5.56 Å². The van der Waals surface area contributed by atoms with E-state index in [2.05, 4.69) is 10.4 Å². The highest BCUT2D eigenvalue weighted by atomic mass is 35.5. The van der Waals surface area contributed by atoms with E-state index in [0.29, 0.717) is 22.7 Å². The highest BCUT2D eigenvalue weighted by Gasteiger charge is 2.06. The SMILES string of the molecule is CCC(=O)Nc1ccc(-c2cnn(-c3ccc(Cl)cc3)c(=O)c2)cc1. The first kappa shape index (κ1) is 16.9. The average Bonchev–Trinajstić information content (AvgIpc) is 2.63. The van der Waals surface area contributed by atoms with E-state index in [0.717, 1.165) is 11.3 Å². The monoisotopic (exact) mass is 353 g/mol. The summed E-state index contributed by atoms with van der Waals surface area (Å²) in [6.07, 6.45) is 2.06. The molecule has 0 aliphatic heterocycles. The number of nitrogens with one attached hydrogen (secondary N) is 1. The van der Waals surface area contributed by atoms with Crippen LogP contribution in [0, 0.1) is 0 Å². The van der Waals surface area contributed by atoms with Crippen molar-refractivity contribution in [3.8, 4) is 16.8 Å². The third kappa shape index (κ3) is 3.95. The van der Waals surface area contributed by atoms with Gasteiger partial charge in [0.05, 0.1) is 11.9 Å². The van der Waals surface area contributed by atoms with Crippen molar-refractivity contribution in [2.24, 2.45) is 0 Å². The van der Waals surface area contributed by atoms with E-state index in [1.54, 1.807) is 49.5 Å². The Morgan fingerprint density at radius 1 is 1.08 bits per heavy atom. The van der Waals surface area contributed by atoms with Gasteiger partial charge < -0.3 is 5.32 Å². The third-order valence-electron chi connectivity index (χ3n) is 3.69. The second kappa shape index (κ2) is 7.32. The second-order valence-electron chi connectivity index (χ2n) is 5.45. The predicted molar refractivity (Wildman–Crippen MR) is 99.2 cm³/mol. The van der Waals surface area contributed by atoms with Gasteiger partial charge in [-0.15, -0.1) is 0 Å². The fraction of sp³-hybridized carbons (Fsp3) is 0.105. The summed E-state index contributed by atoms with van der Waals surface area (Å²) in [4.78, 5) is 23.8. The molecular formula is C19H16ClN3O2. The molecule has 0 saturated heterocycles. The first-order valence-electron chi connectivity index (χ1n) is 7.82. The Morgan fingerprint density at radius 3 is 2.36 bits per heavy atom. The van der Waals surface area contributed by atoms with Gasteiger partial charge >= 0.3 is 0 Å². The van der Waals surface area contributed by atoms with Gasteiger partial charge in [0, 0.05) is 28.8 Å². The normalized spacial score (nSPS) is 10.5. The molecule has 1 amide bonds. The number of aromatic nitrogens is 2. The van der Waals surface area contributed by atoms with Crippen LogP contribution in [0.1, 0.15) is 13.3 Å². The highest BCUT2D eigenvalue weighted by Crippen LogP contribution is 2.20. The molecule has 0 spiro atoms. The molecule has 1 aromatic heterocycles. The standard InChI is InChI=1S/C19H16ClN3O2/c1-2-18(24)22-16-7-3-13(4-8-16)14-11-19(25)23(21-12-14)17-9-5-15(20)6-10-17/h3-12H,2H2,1H3,(H,22,24). The number of rotatable bonds is 4. The van der Waals surface area contributed by atoms with Crippen molar-refractivity contribution >= 4 is 23.2 Å². The van der Waals surface area contributed by atoms with Gasteiger partial charge in [-0.1, -0.05) is 30.7 Å². The Balaban J connectivity index is 1.86. The summed E-state index contributed by atoms with van der Waals surface area (Å²) < 4.78 is 1.32. The molecule has 0 saturated carbocycles. The first-order chi connectivity index (χ1) is 12.1. The van der Waals surface area contributed by atoms with E-state index in [1.807, 2.05) is 12.1 Å². The zero-order valence-electron chi connectivity index (χ0n) is 13.6. The van der Waals surface area contributed by atoms with Crippen LogP contribution in [0.5, 0.6) is 0 Å². The number of benzene rings is 2. The van der Waals surface area contributed by atoms with Crippen molar-refractivity contribution in [2.45, 2.75) is 13.3 Å². The Labute approximate surface area is 149 Å². The molecule has 0 unspecified atom stereocenters. The molecule has 3 rings (SSSR count). The number of nitrogens with zero attached hydrogens (tertiary/aromatic N) is 2. The van der Waals surface area contributed by atoms with Crippen molar-refractivity contribution in [3.05, 3.63) is 76.2 Å².